The van der Waals surface area contributed by atoms with E-state index in [0.717, 1.165) is 22.5 Å². The predicted molar refractivity (Wildman–Crippen MR) is 68.1 cm³/mol. The summed E-state index contributed by atoms with van der Waals surface area (Å²) in [5.74, 6) is 0.765. The van der Waals surface area contributed by atoms with Crippen LogP contribution in [0.2, 0.25) is 0 Å². The molecule has 2 heterocycles. The first-order valence-corrected chi connectivity index (χ1v) is 5.44. The Labute approximate surface area is 99.1 Å². The molecule has 0 aliphatic rings. The molecular formula is C14H12N2O. The normalized spacial score (nSPS) is 10.6. The maximum atomic E-state index is 5.17. The Morgan fingerprint density at radius 2 is 2.00 bits per heavy atom. The van der Waals surface area contributed by atoms with E-state index in [0.29, 0.717) is 0 Å². The Balaban J connectivity index is 2.13. The van der Waals surface area contributed by atoms with Gasteiger partial charge in [-0.25, -0.2) is 0 Å². The number of ether oxygens (including phenoxy) is 1. The van der Waals surface area contributed by atoms with E-state index in [1.165, 1.54) is 5.39 Å². The summed E-state index contributed by atoms with van der Waals surface area (Å²) in [4.78, 5) is 7.52. The summed E-state index contributed by atoms with van der Waals surface area (Å²) in [5, 5.41) is 1.20. The number of aromatic amines is 1. The number of hydrogen-bond donors (Lipinski definition) is 1. The van der Waals surface area contributed by atoms with Crippen LogP contribution in [-0.4, -0.2) is 17.1 Å². The minimum atomic E-state index is 0.765. The van der Waals surface area contributed by atoms with Crippen LogP contribution in [0.4, 0.5) is 0 Å². The SMILES string of the molecule is COc1cncc(-c2cc3ccccc3[nH]2)c1. The van der Waals surface area contributed by atoms with Gasteiger partial charge in [0.05, 0.1) is 13.3 Å². The van der Waals surface area contributed by atoms with Crippen molar-refractivity contribution >= 4 is 10.9 Å². The van der Waals surface area contributed by atoms with E-state index in [4.69, 9.17) is 4.74 Å². The molecule has 3 nitrogen and oxygen atoms in total. The average Bonchev–Trinajstić information content (AvgIpc) is 2.82. The number of nitrogens with one attached hydrogen (secondary N) is 1. The molecule has 1 aromatic carbocycles. The van der Waals surface area contributed by atoms with E-state index in [9.17, 15) is 0 Å². The van der Waals surface area contributed by atoms with Crippen LogP contribution >= 0.6 is 0 Å². The highest BCUT2D eigenvalue weighted by atomic mass is 16.5. The molecule has 17 heavy (non-hydrogen) atoms. The van der Waals surface area contributed by atoms with Crippen molar-refractivity contribution in [1.29, 1.82) is 0 Å². The van der Waals surface area contributed by atoms with Crippen LogP contribution in [0.1, 0.15) is 0 Å². The third kappa shape index (κ3) is 1.76. The van der Waals surface area contributed by atoms with Crippen LogP contribution in [0.15, 0.2) is 48.8 Å². The molecule has 0 saturated heterocycles. The average molecular weight is 224 g/mol. The first kappa shape index (κ1) is 9.90. The lowest BCUT2D eigenvalue weighted by atomic mass is 10.2. The van der Waals surface area contributed by atoms with Gasteiger partial charge in [0.2, 0.25) is 0 Å². The minimum Gasteiger partial charge on any atom is -0.495 e. The molecule has 0 fully saturated rings. The third-order valence-corrected chi connectivity index (χ3v) is 2.79. The number of hydrogen-bond acceptors (Lipinski definition) is 2. The molecule has 1 N–H and O–H groups in total. The second kappa shape index (κ2) is 3.94. The fourth-order valence-corrected chi connectivity index (χ4v) is 1.91. The molecule has 0 aliphatic carbocycles. The van der Waals surface area contributed by atoms with Crippen LogP contribution in [0, 0.1) is 0 Å². The summed E-state index contributed by atoms with van der Waals surface area (Å²) in [6, 6.07) is 12.3. The van der Waals surface area contributed by atoms with Gasteiger partial charge in [0.15, 0.2) is 0 Å². The number of rotatable bonds is 2. The zero-order valence-electron chi connectivity index (χ0n) is 9.47. The van der Waals surface area contributed by atoms with Gasteiger partial charge in [0.1, 0.15) is 5.75 Å². The Hall–Kier alpha value is -2.29. The molecule has 3 rings (SSSR count). The van der Waals surface area contributed by atoms with E-state index < -0.39 is 0 Å². The van der Waals surface area contributed by atoms with E-state index >= 15 is 0 Å². The minimum absolute atomic E-state index is 0.765. The van der Waals surface area contributed by atoms with Crippen molar-refractivity contribution in [2.24, 2.45) is 0 Å². The molecule has 84 valence electrons. The second-order valence-corrected chi connectivity index (χ2v) is 3.88. The number of pyridine rings is 1. The van der Waals surface area contributed by atoms with Gasteiger partial charge in [-0.3, -0.25) is 4.98 Å². The van der Waals surface area contributed by atoms with Crippen molar-refractivity contribution in [1.82, 2.24) is 9.97 Å². The molecule has 0 atom stereocenters. The van der Waals surface area contributed by atoms with E-state index in [1.54, 1.807) is 13.3 Å². The van der Waals surface area contributed by atoms with Gasteiger partial charge in [-0.05, 0) is 18.2 Å². The number of nitrogens with zero attached hydrogens (tertiary/aromatic N) is 1. The van der Waals surface area contributed by atoms with Crippen molar-refractivity contribution in [2.45, 2.75) is 0 Å². The molecule has 0 saturated carbocycles. The maximum absolute atomic E-state index is 5.17. The van der Waals surface area contributed by atoms with Gasteiger partial charge >= 0.3 is 0 Å². The van der Waals surface area contributed by atoms with Gasteiger partial charge < -0.3 is 9.72 Å². The molecular weight excluding hydrogens is 212 g/mol. The number of H-pyrrole nitrogens is 1. The van der Waals surface area contributed by atoms with Crippen molar-refractivity contribution in [3.8, 4) is 17.0 Å². The molecule has 2 aromatic heterocycles. The van der Waals surface area contributed by atoms with Crippen molar-refractivity contribution < 1.29 is 4.74 Å². The summed E-state index contributed by atoms with van der Waals surface area (Å²) in [6.07, 6.45) is 3.53. The van der Waals surface area contributed by atoms with Crippen LogP contribution < -0.4 is 4.74 Å². The summed E-state index contributed by atoms with van der Waals surface area (Å²) >= 11 is 0. The number of methoxy groups -OCH3 is 1. The van der Waals surface area contributed by atoms with Gasteiger partial charge in [0.25, 0.3) is 0 Å². The lowest BCUT2D eigenvalue weighted by molar-refractivity contribution is 0.413. The third-order valence-electron chi connectivity index (χ3n) is 2.79. The number of benzene rings is 1. The topological polar surface area (TPSA) is 37.9 Å². The van der Waals surface area contributed by atoms with E-state index in [-0.39, 0.29) is 0 Å². The zero-order chi connectivity index (χ0) is 11.7. The molecule has 0 bridgehead atoms. The fourth-order valence-electron chi connectivity index (χ4n) is 1.91. The summed E-state index contributed by atoms with van der Waals surface area (Å²) in [5.41, 5.74) is 3.21. The van der Waals surface area contributed by atoms with Crippen molar-refractivity contribution in [3.05, 3.63) is 48.8 Å². The van der Waals surface area contributed by atoms with E-state index in [1.807, 2.05) is 24.4 Å². The number of para-hydroxylation sites is 1. The maximum Gasteiger partial charge on any atom is 0.137 e. The predicted octanol–water partition coefficient (Wildman–Crippen LogP) is 3.24. The lowest BCUT2D eigenvalue weighted by Gasteiger charge is -2.01. The highest BCUT2D eigenvalue weighted by molar-refractivity contribution is 5.85. The molecule has 0 unspecified atom stereocenters. The largest absolute Gasteiger partial charge is 0.495 e. The van der Waals surface area contributed by atoms with E-state index in [2.05, 4.69) is 28.2 Å². The monoisotopic (exact) mass is 224 g/mol. The lowest BCUT2D eigenvalue weighted by Crippen LogP contribution is -1.85. The first-order chi connectivity index (χ1) is 8.36. The molecule has 3 aromatic rings. The second-order valence-electron chi connectivity index (χ2n) is 3.88. The molecule has 0 aliphatic heterocycles. The molecule has 0 radical (unpaired) electrons. The standard InChI is InChI=1S/C14H12N2O/c1-17-12-6-11(8-15-9-12)14-7-10-4-2-3-5-13(10)16-14/h2-9,16H,1H3. The van der Waals surface area contributed by atoms with Gasteiger partial charge in [0, 0.05) is 28.4 Å². The molecule has 3 heteroatoms. The van der Waals surface area contributed by atoms with Crippen molar-refractivity contribution in [3.63, 3.8) is 0 Å². The first-order valence-electron chi connectivity index (χ1n) is 5.44. The van der Waals surface area contributed by atoms with Gasteiger partial charge in [-0.2, -0.15) is 0 Å². The highest BCUT2D eigenvalue weighted by Gasteiger charge is 2.04. The number of aromatic nitrogens is 2. The smallest absolute Gasteiger partial charge is 0.137 e. The Morgan fingerprint density at radius 1 is 1.12 bits per heavy atom. The molecule has 0 amide bonds. The summed E-state index contributed by atoms with van der Waals surface area (Å²) in [6.45, 7) is 0. The van der Waals surface area contributed by atoms with Crippen LogP contribution in [0.25, 0.3) is 22.2 Å². The van der Waals surface area contributed by atoms with Crippen LogP contribution in [-0.2, 0) is 0 Å². The van der Waals surface area contributed by atoms with Gasteiger partial charge in [-0.1, -0.05) is 18.2 Å². The number of fused-ring (bicyclic) bond motifs is 1. The Bertz CT molecular complexity index is 625. The van der Waals surface area contributed by atoms with Crippen molar-refractivity contribution in [2.75, 3.05) is 7.11 Å². The summed E-state index contributed by atoms with van der Waals surface area (Å²) in [7, 11) is 1.64. The quantitative estimate of drug-likeness (QED) is 0.725. The summed E-state index contributed by atoms with van der Waals surface area (Å²) < 4.78 is 5.17. The highest BCUT2D eigenvalue weighted by Crippen LogP contribution is 2.25. The Kier molecular flexibility index (Phi) is 2.29. The zero-order valence-corrected chi connectivity index (χ0v) is 9.47. The fraction of sp³-hybridized carbons (Fsp3) is 0.0714. The Morgan fingerprint density at radius 3 is 2.82 bits per heavy atom. The van der Waals surface area contributed by atoms with Crippen LogP contribution in [0.5, 0.6) is 5.75 Å². The van der Waals surface area contributed by atoms with Crippen LogP contribution in [0.3, 0.4) is 0 Å². The van der Waals surface area contributed by atoms with Gasteiger partial charge in [-0.15, -0.1) is 0 Å². The molecule has 0 spiro atoms.